The zero-order chi connectivity index (χ0) is 11.4. The Kier molecular flexibility index (Phi) is 3.72. The van der Waals surface area contributed by atoms with Gasteiger partial charge < -0.3 is 10.2 Å². The van der Waals surface area contributed by atoms with E-state index in [4.69, 9.17) is 0 Å². The summed E-state index contributed by atoms with van der Waals surface area (Å²) in [7, 11) is 2.19. The standard InChI is InChI=1S/C12H20N4/c1-10-7-13-12(14-8-10)15-9-11-3-5-16(2)6-4-11/h7-8,11H,3-6,9H2,1-2H3,(H,13,14,15). The van der Waals surface area contributed by atoms with E-state index in [0.717, 1.165) is 24.0 Å². The van der Waals surface area contributed by atoms with Gasteiger partial charge >= 0.3 is 0 Å². The molecule has 0 aromatic carbocycles. The number of aromatic nitrogens is 2. The van der Waals surface area contributed by atoms with E-state index in [1.807, 2.05) is 19.3 Å². The number of piperidine rings is 1. The summed E-state index contributed by atoms with van der Waals surface area (Å²) in [6.07, 6.45) is 6.25. The van der Waals surface area contributed by atoms with Gasteiger partial charge in [-0.25, -0.2) is 9.97 Å². The summed E-state index contributed by atoms with van der Waals surface area (Å²) in [5.41, 5.74) is 1.10. The Labute approximate surface area is 97.1 Å². The zero-order valence-electron chi connectivity index (χ0n) is 10.1. The lowest BCUT2D eigenvalue weighted by Gasteiger charge is -2.28. The molecule has 1 aromatic heterocycles. The Morgan fingerprint density at radius 2 is 1.94 bits per heavy atom. The summed E-state index contributed by atoms with van der Waals surface area (Å²) >= 11 is 0. The molecule has 4 nitrogen and oxygen atoms in total. The molecule has 0 amide bonds. The molecule has 2 heterocycles. The maximum atomic E-state index is 4.24. The summed E-state index contributed by atoms with van der Waals surface area (Å²) in [6, 6.07) is 0. The third kappa shape index (κ3) is 3.17. The van der Waals surface area contributed by atoms with Crippen LogP contribution in [0.1, 0.15) is 18.4 Å². The molecule has 0 atom stereocenters. The molecule has 0 radical (unpaired) electrons. The Morgan fingerprint density at radius 3 is 2.56 bits per heavy atom. The SMILES string of the molecule is Cc1cnc(NCC2CCN(C)CC2)nc1. The molecule has 0 unspecified atom stereocenters. The number of anilines is 1. The molecule has 16 heavy (non-hydrogen) atoms. The van der Waals surface area contributed by atoms with Crippen LogP contribution in [0.3, 0.4) is 0 Å². The lowest BCUT2D eigenvalue weighted by atomic mass is 9.97. The molecule has 1 aromatic rings. The van der Waals surface area contributed by atoms with Crippen LogP contribution in [0.2, 0.25) is 0 Å². The molecule has 1 aliphatic heterocycles. The van der Waals surface area contributed by atoms with Crippen LogP contribution >= 0.6 is 0 Å². The van der Waals surface area contributed by atoms with Gasteiger partial charge in [0.25, 0.3) is 0 Å². The molecular weight excluding hydrogens is 200 g/mol. The van der Waals surface area contributed by atoms with Crippen molar-refractivity contribution in [2.75, 3.05) is 32.0 Å². The Balaban J connectivity index is 1.77. The summed E-state index contributed by atoms with van der Waals surface area (Å²) in [5, 5.41) is 3.32. The summed E-state index contributed by atoms with van der Waals surface area (Å²) in [5.74, 6) is 1.52. The molecule has 1 saturated heterocycles. The van der Waals surface area contributed by atoms with Crippen LogP contribution < -0.4 is 5.32 Å². The number of nitrogens with one attached hydrogen (secondary N) is 1. The van der Waals surface area contributed by atoms with E-state index in [-0.39, 0.29) is 0 Å². The maximum Gasteiger partial charge on any atom is 0.222 e. The predicted molar refractivity (Wildman–Crippen MR) is 65.5 cm³/mol. The fourth-order valence-corrected chi connectivity index (χ4v) is 1.99. The molecule has 2 rings (SSSR count). The van der Waals surface area contributed by atoms with Crippen molar-refractivity contribution in [2.45, 2.75) is 19.8 Å². The van der Waals surface area contributed by atoms with Gasteiger partial charge in [0.2, 0.25) is 5.95 Å². The Morgan fingerprint density at radius 1 is 1.31 bits per heavy atom. The smallest absolute Gasteiger partial charge is 0.222 e. The molecule has 88 valence electrons. The fourth-order valence-electron chi connectivity index (χ4n) is 1.99. The summed E-state index contributed by atoms with van der Waals surface area (Å²) < 4.78 is 0. The quantitative estimate of drug-likeness (QED) is 0.839. The predicted octanol–water partition coefficient (Wildman–Crippen LogP) is 1.54. The van der Waals surface area contributed by atoms with Crippen molar-refractivity contribution in [3.8, 4) is 0 Å². The van der Waals surface area contributed by atoms with Crippen molar-refractivity contribution in [1.29, 1.82) is 0 Å². The maximum absolute atomic E-state index is 4.24. The van der Waals surface area contributed by atoms with E-state index >= 15 is 0 Å². The molecule has 0 aliphatic carbocycles. The van der Waals surface area contributed by atoms with Gasteiger partial charge in [0.05, 0.1) is 0 Å². The van der Waals surface area contributed by atoms with Crippen molar-refractivity contribution < 1.29 is 0 Å². The highest BCUT2D eigenvalue weighted by Gasteiger charge is 2.16. The second-order valence-electron chi connectivity index (χ2n) is 4.71. The van der Waals surface area contributed by atoms with Gasteiger partial charge in [-0.2, -0.15) is 0 Å². The van der Waals surface area contributed by atoms with E-state index in [0.29, 0.717) is 0 Å². The minimum absolute atomic E-state index is 0.754. The number of aryl methyl sites for hydroxylation is 1. The van der Waals surface area contributed by atoms with Crippen molar-refractivity contribution >= 4 is 5.95 Å². The lowest BCUT2D eigenvalue weighted by molar-refractivity contribution is 0.226. The first-order chi connectivity index (χ1) is 7.74. The van der Waals surface area contributed by atoms with Crippen LogP contribution in [0.5, 0.6) is 0 Å². The highest BCUT2D eigenvalue weighted by atomic mass is 15.1. The highest BCUT2D eigenvalue weighted by molar-refractivity contribution is 5.24. The summed E-state index contributed by atoms with van der Waals surface area (Å²) in [6.45, 7) is 5.42. The molecule has 1 N–H and O–H groups in total. The van der Waals surface area contributed by atoms with Crippen molar-refractivity contribution in [3.63, 3.8) is 0 Å². The minimum atomic E-state index is 0.754. The van der Waals surface area contributed by atoms with E-state index in [9.17, 15) is 0 Å². The minimum Gasteiger partial charge on any atom is -0.354 e. The third-order valence-corrected chi connectivity index (χ3v) is 3.17. The number of likely N-dealkylation sites (tertiary alicyclic amines) is 1. The molecule has 1 aliphatic rings. The Hall–Kier alpha value is -1.16. The first kappa shape index (κ1) is 11.3. The fraction of sp³-hybridized carbons (Fsp3) is 0.667. The normalized spacial score (nSPS) is 18.6. The number of hydrogen-bond donors (Lipinski definition) is 1. The average Bonchev–Trinajstić information content (AvgIpc) is 2.30. The highest BCUT2D eigenvalue weighted by Crippen LogP contribution is 2.15. The second kappa shape index (κ2) is 5.25. The largest absolute Gasteiger partial charge is 0.354 e. The van der Waals surface area contributed by atoms with Crippen LogP contribution in [-0.4, -0.2) is 41.5 Å². The van der Waals surface area contributed by atoms with E-state index in [1.165, 1.54) is 25.9 Å². The Bertz CT molecular complexity index is 314. The van der Waals surface area contributed by atoms with Gasteiger partial charge in [0, 0.05) is 18.9 Å². The molecule has 1 fully saturated rings. The van der Waals surface area contributed by atoms with Crippen LogP contribution in [0, 0.1) is 12.8 Å². The van der Waals surface area contributed by atoms with Gasteiger partial charge in [-0.05, 0) is 51.4 Å². The van der Waals surface area contributed by atoms with E-state index in [1.54, 1.807) is 0 Å². The molecular formula is C12H20N4. The third-order valence-electron chi connectivity index (χ3n) is 3.17. The summed E-state index contributed by atoms with van der Waals surface area (Å²) in [4.78, 5) is 10.9. The lowest BCUT2D eigenvalue weighted by Crippen LogP contribution is -2.33. The molecule has 4 heteroatoms. The zero-order valence-corrected chi connectivity index (χ0v) is 10.1. The van der Waals surface area contributed by atoms with Crippen molar-refractivity contribution in [1.82, 2.24) is 14.9 Å². The molecule has 0 saturated carbocycles. The number of hydrogen-bond acceptors (Lipinski definition) is 4. The number of nitrogens with zero attached hydrogens (tertiary/aromatic N) is 3. The topological polar surface area (TPSA) is 41.1 Å². The first-order valence-corrected chi connectivity index (χ1v) is 5.95. The second-order valence-corrected chi connectivity index (χ2v) is 4.71. The van der Waals surface area contributed by atoms with Crippen LogP contribution in [0.25, 0.3) is 0 Å². The van der Waals surface area contributed by atoms with E-state index in [2.05, 4.69) is 27.2 Å². The average molecular weight is 220 g/mol. The van der Waals surface area contributed by atoms with Crippen LogP contribution in [-0.2, 0) is 0 Å². The molecule has 0 bridgehead atoms. The monoisotopic (exact) mass is 220 g/mol. The van der Waals surface area contributed by atoms with Gasteiger partial charge in [-0.15, -0.1) is 0 Å². The number of rotatable bonds is 3. The van der Waals surface area contributed by atoms with Crippen LogP contribution in [0.15, 0.2) is 12.4 Å². The van der Waals surface area contributed by atoms with Gasteiger partial charge in [0.15, 0.2) is 0 Å². The van der Waals surface area contributed by atoms with E-state index < -0.39 is 0 Å². The van der Waals surface area contributed by atoms with Gasteiger partial charge in [-0.1, -0.05) is 0 Å². The van der Waals surface area contributed by atoms with Crippen molar-refractivity contribution in [2.24, 2.45) is 5.92 Å². The van der Waals surface area contributed by atoms with Gasteiger partial charge in [-0.3, -0.25) is 0 Å². The van der Waals surface area contributed by atoms with Crippen LogP contribution in [0.4, 0.5) is 5.95 Å². The first-order valence-electron chi connectivity index (χ1n) is 5.95. The molecule has 0 spiro atoms. The van der Waals surface area contributed by atoms with Crippen molar-refractivity contribution in [3.05, 3.63) is 18.0 Å². The van der Waals surface area contributed by atoms with Gasteiger partial charge in [0.1, 0.15) is 0 Å².